The van der Waals surface area contributed by atoms with Crippen molar-refractivity contribution < 1.29 is 14.3 Å². The third-order valence-electron chi connectivity index (χ3n) is 5.61. The van der Waals surface area contributed by atoms with E-state index < -0.39 is 0 Å². The molecule has 2 heterocycles. The molecule has 1 unspecified atom stereocenters. The maximum absolute atomic E-state index is 12.1. The molecule has 0 bridgehead atoms. The number of aliphatic imine (C=N–C) groups is 1. The molecule has 2 saturated heterocycles. The highest BCUT2D eigenvalue weighted by atomic mass is 127. The second-order valence-electron chi connectivity index (χ2n) is 7.60. The van der Waals surface area contributed by atoms with Crippen LogP contribution in [0, 0.1) is 5.92 Å². The van der Waals surface area contributed by atoms with Crippen LogP contribution in [-0.2, 0) is 27.4 Å². The van der Waals surface area contributed by atoms with Crippen molar-refractivity contribution in [3.05, 3.63) is 35.4 Å². The lowest BCUT2D eigenvalue weighted by atomic mass is 9.98. The fourth-order valence-electron chi connectivity index (χ4n) is 4.01. The summed E-state index contributed by atoms with van der Waals surface area (Å²) < 4.78 is 10.7. The molecule has 1 atom stereocenters. The molecule has 1 aromatic carbocycles. The van der Waals surface area contributed by atoms with Crippen LogP contribution in [0.3, 0.4) is 0 Å². The largest absolute Gasteiger partial charge is 0.466 e. The number of halogens is 1. The highest BCUT2D eigenvalue weighted by molar-refractivity contribution is 14.0. The summed E-state index contributed by atoms with van der Waals surface area (Å²) in [6.45, 7) is 9.09. The number of likely N-dealkylation sites (tertiary alicyclic amines) is 1. The van der Waals surface area contributed by atoms with Crippen molar-refractivity contribution in [3.63, 3.8) is 0 Å². The van der Waals surface area contributed by atoms with E-state index in [9.17, 15) is 4.79 Å². The van der Waals surface area contributed by atoms with Crippen molar-refractivity contribution in [2.24, 2.45) is 10.9 Å². The molecule has 0 radical (unpaired) electrons. The smallest absolute Gasteiger partial charge is 0.310 e. The maximum Gasteiger partial charge on any atom is 0.310 e. The van der Waals surface area contributed by atoms with E-state index in [1.165, 1.54) is 11.1 Å². The number of guanidine groups is 1. The lowest BCUT2D eigenvalue weighted by molar-refractivity contribution is -0.149. The van der Waals surface area contributed by atoms with Crippen LogP contribution in [0.25, 0.3) is 0 Å². The van der Waals surface area contributed by atoms with Gasteiger partial charge in [0, 0.05) is 46.3 Å². The van der Waals surface area contributed by atoms with Gasteiger partial charge in [-0.25, -0.2) is 0 Å². The normalized spacial score (nSPS) is 20.4. The molecule has 0 saturated carbocycles. The van der Waals surface area contributed by atoms with Crippen molar-refractivity contribution in [2.45, 2.75) is 32.9 Å². The Balaban J connectivity index is 0.00000320. The van der Waals surface area contributed by atoms with E-state index in [-0.39, 0.29) is 35.9 Å². The van der Waals surface area contributed by atoms with Crippen molar-refractivity contribution in [1.29, 1.82) is 0 Å². The van der Waals surface area contributed by atoms with E-state index >= 15 is 0 Å². The van der Waals surface area contributed by atoms with E-state index in [2.05, 4.69) is 44.4 Å². The Bertz CT molecular complexity index is 695. The number of hydrogen-bond donors (Lipinski definition) is 1. The molecule has 8 heteroatoms. The van der Waals surface area contributed by atoms with Gasteiger partial charge in [0.25, 0.3) is 0 Å². The molecule has 0 spiro atoms. The van der Waals surface area contributed by atoms with Crippen LogP contribution in [0.15, 0.2) is 29.3 Å². The van der Waals surface area contributed by atoms with Gasteiger partial charge in [0.2, 0.25) is 0 Å². The summed E-state index contributed by atoms with van der Waals surface area (Å²) in [6.07, 6.45) is 1.85. The Morgan fingerprint density at radius 1 is 1.23 bits per heavy atom. The number of nitrogens with zero attached hydrogens (tertiary/aromatic N) is 3. The molecular formula is C22H35IN4O3. The Hall–Kier alpha value is -1.39. The zero-order valence-electron chi connectivity index (χ0n) is 18.1. The molecular weight excluding hydrogens is 495 g/mol. The average Bonchev–Trinajstić information content (AvgIpc) is 2.76. The van der Waals surface area contributed by atoms with Crippen LogP contribution in [-0.4, -0.2) is 74.8 Å². The van der Waals surface area contributed by atoms with Crippen molar-refractivity contribution >= 4 is 35.9 Å². The number of hydrogen-bond acceptors (Lipinski definition) is 5. The third-order valence-corrected chi connectivity index (χ3v) is 5.61. The molecule has 1 N–H and O–H groups in total. The number of morpholine rings is 1. The summed E-state index contributed by atoms with van der Waals surface area (Å²) in [4.78, 5) is 21.2. The number of esters is 1. The van der Waals surface area contributed by atoms with Gasteiger partial charge in [0.15, 0.2) is 5.96 Å². The Morgan fingerprint density at radius 2 is 1.97 bits per heavy atom. The van der Waals surface area contributed by atoms with Gasteiger partial charge in [0.1, 0.15) is 0 Å². The minimum atomic E-state index is -0.0940. The minimum Gasteiger partial charge on any atom is -0.466 e. The van der Waals surface area contributed by atoms with Gasteiger partial charge in [-0.1, -0.05) is 24.3 Å². The number of carbonyl (C=O) groups excluding carboxylic acids is 1. The van der Waals surface area contributed by atoms with E-state index in [1.807, 2.05) is 6.92 Å². The standard InChI is InChI=1S/C22H34N4O3.HI/c1-3-29-21(27)20-9-6-10-26(17-20)22(23-2)24-15-18-7-4-5-8-19(18)16-25-11-13-28-14-12-25;/h4-5,7-8,20H,3,6,9-17H2,1-2H3,(H,23,24);1H. The number of rotatable bonds is 6. The molecule has 0 aliphatic carbocycles. The highest BCUT2D eigenvalue weighted by Gasteiger charge is 2.28. The van der Waals surface area contributed by atoms with E-state index in [0.717, 1.165) is 58.2 Å². The fourth-order valence-corrected chi connectivity index (χ4v) is 4.01. The van der Waals surface area contributed by atoms with Gasteiger partial charge in [0.05, 0.1) is 25.7 Å². The topological polar surface area (TPSA) is 66.4 Å². The molecule has 2 aliphatic heterocycles. The lowest BCUT2D eigenvalue weighted by Crippen LogP contribution is -2.48. The van der Waals surface area contributed by atoms with Crippen molar-refractivity contribution in [2.75, 3.05) is 53.0 Å². The predicted octanol–water partition coefficient (Wildman–Crippen LogP) is 2.49. The molecule has 0 amide bonds. The summed E-state index contributed by atoms with van der Waals surface area (Å²) >= 11 is 0. The SMILES string of the molecule is CCOC(=O)C1CCCN(C(=NC)NCc2ccccc2CN2CCOCC2)C1.I. The minimum absolute atomic E-state index is 0. The highest BCUT2D eigenvalue weighted by Crippen LogP contribution is 2.19. The molecule has 30 heavy (non-hydrogen) atoms. The molecule has 1 aromatic rings. The van der Waals surface area contributed by atoms with Crippen LogP contribution in [0.1, 0.15) is 30.9 Å². The van der Waals surface area contributed by atoms with Crippen LogP contribution in [0.5, 0.6) is 0 Å². The van der Waals surface area contributed by atoms with Gasteiger partial charge in [-0.15, -0.1) is 24.0 Å². The second kappa shape index (κ2) is 13.1. The van der Waals surface area contributed by atoms with Gasteiger partial charge in [-0.05, 0) is 30.9 Å². The molecule has 3 rings (SSSR count). The Morgan fingerprint density at radius 3 is 2.67 bits per heavy atom. The number of piperidine rings is 1. The first-order valence-corrected chi connectivity index (χ1v) is 10.7. The van der Waals surface area contributed by atoms with Crippen LogP contribution >= 0.6 is 24.0 Å². The molecule has 2 fully saturated rings. The van der Waals surface area contributed by atoms with Crippen LogP contribution < -0.4 is 5.32 Å². The lowest BCUT2D eigenvalue weighted by Gasteiger charge is -2.34. The van der Waals surface area contributed by atoms with Gasteiger partial charge in [-0.3, -0.25) is 14.7 Å². The summed E-state index contributed by atoms with van der Waals surface area (Å²) in [5, 5.41) is 3.51. The predicted molar refractivity (Wildman–Crippen MR) is 129 cm³/mol. The summed E-state index contributed by atoms with van der Waals surface area (Å²) in [6, 6.07) is 8.56. The monoisotopic (exact) mass is 530 g/mol. The zero-order chi connectivity index (χ0) is 20.5. The number of nitrogens with one attached hydrogen (secondary N) is 1. The first-order chi connectivity index (χ1) is 14.2. The number of carbonyl (C=O) groups is 1. The van der Waals surface area contributed by atoms with E-state index in [0.29, 0.717) is 19.7 Å². The number of benzene rings is 1. The molecule has 2 aliphatic rings. The Kier molecular flexibility index (Phi) is 10.9. The first-order valence-electron chi connectivity index (χ1n) is 10.7. The fraction of sp³-hybridized carbons (Fsp3) is 0.636. The average molecular weight is 530 g/mol. The molecule has 7 nitrogen and oxygen atoms in total. The molecule has 0 aromatic heterocycles. The first kappa shape index (κ1) is 24.9. The quantitative estimate of drug-likeness (QED) is 0.264. The Labute approximate surface area is 197 Å². The summed E-state index contributed by atoms with van der Waals surface area (Å²) in [7, 11) is 1.80. The van der Waals surface area contributed by atoms with Crippen LogP contribution in [0.2, 0.25) is 0 Å². The second-order valence-corrected chi connectivity index (χ2v) is 7.60. The summed E-state index contributed by atoms with van der Waals surface area (Å²) in [5.74, 6) is 0.680. The van der Waals surface area contributed by atoms with Crippen molar-refractivity contribution in [3.8, 4) is 0 Å². The van der Waals surface area contributed by atoms with E-state index in [4.69, 9.17) is 9.47 Å². The number of ether oxygens (including phenoxy) is 2. The maximum atomic E-state index is 12.1. The molecule has 168 valence electrons. The van der Waals surface area contributed by atoms with Gasteiger partial charge >= 0.3 is 5.97 Å². The van der Waals surface area contributed by atoms with Crippen LogP contribution in [0.4, 0.5) is 0 Å². The third kappa shape index (κ3) is 7.09. The van der Waals surface area contributed by atoms with E-state index in [1.54, 1.807) is 7.05 Å². The van der Waals surface area contributed by atoms with Gasteiger partial charge in [-0.2, -0.15) is 0 Å². The summed E-state index contributed by atoms with van der Waals surface area (Å²) in [5.41, 5.74) is 2.61. The zero-order valence-corrected chi connectivity index (χ0v) is 20.5. The van der Waals surface area contributed by atoms with Gasteiger partial charge < -0.3 is 19.7 Å². The van der Waals surface area contributed by atoms with Crippen molar-refractivity contribution in [1.82, 2.24) is 15.1 Å².